The quantitative estimate of drug-likeness (QED) is 0.656. The average Bonchev–Trinajstić information content (AvgIpc) is 2.24. The normalized spacial score (nSPS) is 26.8. The van der Waals surface area contributed by atoms with Crippen molar-refractivity contribution in [1.82, 2.24) is 0 Å². The van der Waals surface area contributed by atoms with E-state index in [1.807, 2.05) is 0 Å². The third-order valence-electron chi connectivity index (χ3n) is 3.25. The van der Waals surface area contributed by atoms with Gasteiger partial charge >= 0.3 is 0 Å². The highest BCUT2D eigenvalue weighted by Gasteiger charge is 2.29. The Morgan fingerprint density at radius 2 is 1.80 bits per heavy atom. The summed E-state index contributed by atoms with van der Waals surface area (Å²) in [5, 5.41) is 10.1. The number of hydrogen-bond donors (Lipinski definition) is 1. The predicted molar refractivity (Wildman–Crippen MR) is 62.7 cm³/mol. The molecule has 1 N–H and O–H groups in total. The minimum absolute atomic E-state index is 0.742. The van der Waals surface area contributed by atoms with Crippen LogP contribution in [0, 0.1) is 0 Å². The van der Waals surface area contributed by atoms with Crippen LogP contribution in [0.4, 0.5) is 0 Å². The fourth-order valence-corrected chi connectivity index (χ4v) is 2.22. The van der Waals surface area contributed by atoms with Crippen LogP contribution in [0.1, 0.15) is 71.1 Å². The molecule has 2 nitrogen and oxygen atoms in total. The maximum absolute atomic E-state index is 10.1. The number of hydrogen-bond acceptors (Lipinski definition) is 2. The average molecular weight is 214 g/mol. The fourth-order valence-electron chi connectivity index (χ4n) is 2.22. The lowest BCUT2D eigenvalue weighted by Gasteiger charge is -2.32. The molecule has 1 aliphatic heterocycles. The summed E-state index contributed by atoms with van der Waals surface area (Å²) in [6.45, 7) is 2.98. The minimum Gasteiger partial charge on any atom is -0.365 e. The van der Waals surface area contributed by atoms with Crippen LogP contribution in [0.2, 0.25) is 0 Å². The van der Waals surface area contributed by atoms with E-state index in [4.69, 9.17) is 4.74 Å². The zero-order valence-corrected chi connectivity index (χ0v) is 10.1. The van der Waals surface area contributed by atoms with Crippen LogP contribution in [0.25, 0.3) is 0 Å². The summed E-state index contributed by atoms with van der Waals surface area (Å²) in [6.07, 6.45) is 11.5. The van der Waals surface area contributed by atoms with Gasteiger partial charge in [-0.1, -0.05) is 39.0 Å². The summed E-state index contributed by atoms with van der Waals surface area (Å²) in [4.78, 5) is 0. The molecule has 1 fully saturated rings. The van der Waals surface area contributed by atoms with Crippen molar-refractivity contribution >= 4 is 0 Å². The molecule has 0 spiro atoms. The SMILES string of the molecule is CCCCCCCCC1(O)CCCCO1. The van der Waals surface area contributed by atoms with E-state index in [0.29, 0.717) is 0 Å². The summed E-state index contributed by atoms with van der Waals surface area (Å²) in [5.41, 5.74) is 0. The van der Waals surface area contributed by atoms with Crippen molar-refractivity contribution in [3.63, 3.8) is 0 Å². The van der Waals surface area contributed by atoms with Crippen LogP contribution in [-0.4, -0.2) is 17.5 Å². The Hall–Kier alpha value is -0.0800. The van der Waals surface area contributed by atoms with Crippen LogP contribution in [0.15, 0.2) is 0 Å². The number of ether oxygens (including phenoxy) is 1. The van der Waals surface area contributed by atoms with Crippen LogP contribution in [-0.2, 0) is 4.74 Å². The molecule has 1 rings (SSSR count). The topological polar surface area (TPSA) is 29.5 Å². The summed E-state index contributed by atoms with van der Waals surface area (Å²) in [7, 11) is 0. The number of unbranched alkanes of at least 4 members (excludes halogenated alkanes) is 5. The van der Waals surface area contributed by atoms with Crippen molar-refractivity contribution in [2.75, 3.05) is 6.61 Å². The van der Waals surface area contributed by atoms with Crippen LogP contribution in [0.3, 0.4) is 0 Å². The van der Waals surface area contributed by atoms with E-state index >= 15 is 0 Å². The molecule has 1 unspecified atom stereocenters. The highest BCUT2D eigenvalue weighted by Crippen LogP contribution is 2.27. The molecule has 0 aromatic carbocycles. The van der Waals surface area contributed by atoms with Crippen LogP contribution >= 0.6 is 0 Å². The van der Waals surface area contributed by atoms with Gasteiger partial charge in [-0.15, -0.1) is 0 Å². The van der Waals surface area contributed by atoms with Crippen molar-refractivity contribution in [3.05, 3.63) is 0 Å². The highest BCUT2D eigenvalue weighted by molar-refractivity contribution is 4.71. The largest absolute Gasteiger partial charge is 0.365 e. The van der Waals surface area contributed by atoms with E-state index in [0.717, 1.165) is 38.7 Å². The maximum atomic E-state index is 10.1. The first-order valence-electron chi connectivity index (χ1n) is 6.63. The van der Waals surface area contributed by atoms with Crippen molar-refractivity contribution in [1.29, 1.82) is 0 Å². The van der Waals surface area contributed by atoms with Gasteiger partial charge in [0.2, 0.25) is 0 Å². The van der Waals surface area contributed by atoms with Crippen molar-refractivity contribution in [3.8, 4) is 0 Å². The molecule has 90 valence electrons. The van der Waals surface area contributed by atoms with Crippen LogP contribution in [0.5, 0.6) is 0 Å². The molecule has 0 aromatic heterocycles. The summed E-state index contributed by atoms with van der Waals surface area (Å²) in [6, 6.07) is 0. The first kappa shape index (κ1) is 13.0. The van der Waals surface area contributed by atoms with E-state index in [9.17, 15) is 5.11 Å². The molecule has 1 aliphatic rings. The summed E-state index contributed by atoms with van der Waals surface area (Å²) < 4.78 is 5.45. The van der Waals surface area contributed by atoms with E-state index in [-0.39, 0.29) is 0 Å². The van der Waals surface area contributed by atoms with Gasteiger partial charge in [-0.25, -0.2) is 0 Å². The van der Waals surface area contributed by atoms with Crippen molar-refractivity contribution in [2.45, 2.75) is 76.9 Å². The van der Waals surface area contributed by atoms with E-state index in [1.54, 1.807) is 0 Å². The van der Waals surface area contributed by atoms with E-state index in [1.165, 1.54) is 32.1 Å². The molecule has 2 heteroatoms. The Kier molecular flexibility index (Phi) is 6.26. The van der Waals surface area contributed by atoms with Gasteiger partial charge in [0.1, 0.15) is 0 Å². The minimum atomic E-state index is -0.775. The van der Waals surface area contributed by atoms with Gasteiger partial charge in [-0.3, -0.25) is 0 Å². The molecule has 0 aromatic rings. The number of rotatable bonds is 7. The van der Waals surface area contributed by atoms with Gasteiger partial charge in [0.25, 0.3) is 0 Å². The number of aliphatic hydroxyl groups is 1. The molecular weight excluding hydrogens is 188 g/mol. The molecule has 0 saturated carbocycles. The van der Waals surface area contributed by atoms with Gasteiger partial charge in [-0.2, -0.15) is 0 Å². The molecule has 1 heterocycles. The molecule has 0 amide bonds. The smallest absolute Gasteiger partial charge is 0.165 e. The van der Waals surface area contributed by atoms with Gasteiger partial charge in [0.15, 0.2) is 5.79 Å². The summed E-state index contributed by atoms with van der Waals surface area (Å²) in [5.74, 6) is -0.775. The highest BCUT2D eigenvalue weighted by atomic mass is 16.6. The van der Waals surface area contributed by atoms with Crippen molar-refractivity contribution in [2.24, 2.45) is 0 Å². The Morgan fingerprint density at radius 1 is 1.07 bits per heavy atom. The molecule has 1 atom stereocenters. The van der Waals surface area contributed by atoms with Crippen molar-refractivity contribution < 1.29 is 9.84 Å². The molecule has 0 radical (unpaired) electrons. The van der Waals surface area contributed by atoms with E-state index in [2.05, 4.69) is 6.92 Å². The summed E-state index contributed by atoms with van der Waals surface area (Å²) >= 11 is 0. The second kappa shape index (κ2) is 7.24. The third kappa shape index (κ3) is 5.53. The lowest BCUT2D eigenvalue weighted by atomic mass is 9.98. The fraction of sp³-hybridized carbons (Fsp3) is 1.00. The molecule has 1 saturated heterocycles. The second-order valence-electron chi connectivity index (χ2n) is 4.77. The Bertz CT molecular complexity index is 151. The standard InChI is InChI=1S/C13H26O2/c1-2-3-4-5-6-7-10-13(14)11-8-9-12-15-13/h14H,2-12H2,1H3. The van der Waals surface area contributed by atoms with E-state index < -0.39 is 5.79 Å². The van der Waals surface area contributed by atoms with Gasteiger partial charge in [-0.05, 0) is 19.3 Å². The molecule has 0 aliphatic carbocycles. The first-order chi connectivity index (χ1) is 7.27. The van der Waals surface area contributed by atoms with Crippen LogP contribution < -0.4 is 0 Å². The lowest BCUT2D eigenvalue weighted by molar-refractivity contribution is -0.228. The Labute approximate surface area is 94.0 Å². The lowest BCUT2D eigenvalue weighted by Crippen LogP contribution is -2.35. The monoisotopic (exact) mass is 214 g/mol. The second-order valence-corrected chi connectivity index (χ2v) is 4.77. The zero-order valence-electron chi connectivity index (χ0n) is 10.1. The third-order valence-corrected chi connectivity index (χ3v) is 3.25. The Balaban J connectivity index is 1.98. The first-order valence-corrected chi connectivity index (χ1v) is 6.63. The van der Waals surface area contributed by atoms with Gasteiger partial charge in [0, 0.05) is 12.8 Å². The maximum Gasteiger partial charge on any atom is 0.165 e. The zero-order chi connectivity index (χ0) is 11.0. The molecule has 15 heavy (non-hydrogen) atoms. The molecular formula is C13H26O2. The Morgan fingerprint density at radius 3 is 2.47 bits per heavy atom. The molecule has 0 bridgehead atoms. The van der Waals surface area contributed by atoms with Gasteiger partial charge in [0.05, 0.1) is 6.61 Å². The predicted octanol–water partition coefficient (Wildman–Crippen LogP) is 3.63. The van der Waals surface area contributed by atoms with Gasteiger partial charge < -0.3 is 9.84 Å².